The number of hydrogen-bond donors (Lipinski definition) is 1. The Kier molecular flexibility index (Phi) is 6.88. The molecule has 3 aromatic carbocycles. The lowest BCUT2D eigenvalue weighted by molar-refractivity contribution is 0.0548. The van der Waals surface area contributed by atoms with Crippen molar-refractivity contribution >= 4 is 23.4 Å². The van der Waals surface area contributed by atoms with Crippen molar-refractivity contribution in [3.05, 3.63) is 83.4 Å². The van der Waals surface area contributed by atoms with Crippen molar-refractivity contribution in [1.82, 2.24) is 10.3 Å². The number of benzene rings is 3. The second kappa shape index (κ2) is 10.4. The number of ether oxygens (including phenoxy) is 2. The van der Waals surface area contributed by atoms with Gasteiger partial charge in [0.1, 0.15) is 0 Å². The molecule has 0 saturated carbocycles. The zero-order valence-electron chi connectivity index (χ0n) is 20.6. The molecule has 0 aromatic heterocycles. The number of esters is 1. The minimum absolute atomic E-state index is 0.0645. The maximum absolute atomic E-state index is 13.7. The molecule has 3 aromatic rings. The minimum Gasteiger partial charge on any atom is -0.465 e. The van der Waals surface area contributed by atoms with Crippen LogP contribution in [0.5, 0.6) is 0 Å². The highest BCUT2D eigenvalue weighted by Gasteiger charge is 2.25. The maximum atomic E-state index is 13.7. The molecular weight excluding hydrogens is 456 g/mol. The van der Waals surface area contributed by atoms with Gasteiger partial charge >= 0.3 is 12.0 Å². The van der Waals surface area contributed by atoms with Gasteiger partial charge in [0.15, 0.2) is 0 Å². The highest BCUT2D eigenvalue weighted by Crippen LogP contribution is 2.32. The number of morpholine rings is 1. The summed E-state index contributed by atoms with van der Waals surface area (Å²) in [5.74, 6) is -0.384. The van der Waals surface area contributed by atoms with Crippen molar-refractivity contribution in [2.24, 2.45) is 0 Å². The molecular formula is C28H30N4O4. The quantitative estimate of drug-likeness (QED) is 0.549. The van der Waals surface area contributed by atoms with E-state index in [0.717, 1.165) is 34.6 Å². The van der Waals surface area contributed by atoms with Crippen LogP contribution in [0.3, 0.4) is 0 Å². The number of urea groups is 1. The lowest BCUT2D eigenvalue weighted by Gasteiger charge is -2.33. The Morgan fingerprint density at radius 3 is 2.50 bits per heavy atom. The van der Waals surface area contributed by atoms with Crippen molar-refractivity contribution in [2.75, 3.05) is 50.4 Å². The molecule has 2 aliphatic rings. The van der Waals surface area contributed by atoms with E-state index in [1.54, 1.807) is 17.0 Å². The highest BCUT2D eigenvalue weighted by atomic mass is 16.5. The number of nitrogens with one attached hydrogen (secondary N) is 1. The maximum Gasteiger partial charge on any atom is 0.337 e. The van der Waals surface area contributed by atoms with Gasteiger partial charge in [0.25, 0.3) is 0 Å². The van der Waals surface area contributed by atoms with Gasteiger partial charge < -0.3 is 19.4 Å². The van der Waals surface area contributed by atoms with Crippen LogP contribution in [0.2, 0.25) is 0 Å². The number of rotatable bonds is 5. The standard InChI is InChI=1S/C28H30N4O4/c1-30-26-17-23(10-11-24(26)18-29-30)22-4-3-5-25(16-22)32(28(34)31-12-14-36-15-13-31)19-20-6-8-21(9-7-20)27(33)35-2/h3-11,16-17,29H,12-15,18-19H2,1-2H3. The predicted octanol–water partition coefficient (Wildman–Crippen LogP) is 4.05. The molecule has 1 fully saturated rings. The van der Waals surface area contributed by atoms with E-state index in [9.17, 15) is 9.59 Å². The zero-order valence-corrected chi connectivity index (χ0v) is 20.6. The molecule has 8 heteroatoms. The topological polar surface area (TPSA) is 74.3 Å². The molecule has 8 nitrogen and oxygen atoms in total. The molecule has 0 bridgehead atoms. The van der Waals surface area contributed by atoms with E-state index in [4.69, 9.17) is 9.47 Å². The van der Waals surface area contributed by atoms with Crippen LogP contribution in [0.1, 0.15) is 21.5 Å². The van der Waals surface area contributed by atoms with Gasteiger partial charge in [-0.05, 0) is 52.6 Å². The number of hydrazine groups is 1. The number of nitrogens with zero attached hydrogens (tertiary/aromatic N) is 3. The van der Waals surface area contributed by atoms with Crippen LogP contribution < -0.4 is 15.3 Å². The van der Waals surface area contributed by atoms with Crippen LogP contribution in [0.4, 0.5) is 16.2 Å². The third-order valence-electron chi connectivity index (χ3n) is 6.67. The van der Waals surface area contributed by atoms with E-state index < -0.39 is 0 Å². The second-order valence-electron chi connectivity index (χ2n) is 8.94. The van der Waals surface area contributed by atoms with Crippen LogP contribution >= 0.6 is 0 Å². The summed E-state index contributed by atoms with van der Waals surface area (Å²) in [6.45, 7) is 3.37. The van der Waals surface area contributed by atoms with Gasteiger partial charge in [0.05, 0.1) is 38.1 Å². The Morgan fingerprint density at radius 1 is 1.00 bits per heavy atom. The summed E-state index contributed by atoms with van der Waals surface area (Å²) in [7, 11) is 3.38. The summed E-state index contributed by atoms with van der Waals surface area (Å²) in [4.78, 5) is 29.1. The van der Waals surface area contributed by atoms with E-state index in [0.29, 0.717) is 38.4 Å². The molecule has 0 unspecified atom stereocenters. The predicted molar refractivity (Wildman–Crippen MR) is 139 cm³/mol. The first-order chi connectivity index (χ1) is 17.5. The fourth-order valence-corrected chi connectivity index (χ4v) is 4.59. The van der Waals surface area contributed by atoms with Crippen LogP contribution in [0, 0.1) is 0 Å². The molecule has 1 saturated heterocycles. The first-order valence-corrected chi connectivity index (χ1v) is 12.1. The average Bonchev–Trinajstić information content (AvgIpc) is 3.31. The minimum atomic E-state index is -0.384. The molecule has 186 valence electrons. The van der Waals surface area contributed by atoms with E-state index in [-0.39, 0.29) is 12.0 Å². The fourth-order valence-electron chi connectivity index (χ4n) is 4.59. The number of carbonyl (C=O) groups is 2. The van der Waals surface area contributed by atoms with Crippen molar-refractivity contribution < 1.29 is 19.1 Å². The van der Waals surface area contributed by atoms with E-state index in [1.165, 1.54) is 12.7 Å². The Morgan fingerprint density at radius 2 is 1.75 bits per heavy atom. The van der Waals surface area contributed by atoms with Gasteiger partial charge in [-0.25, -0.2) is 15.0 Å². The molecule has 2 aliphatic heterocycles. The summed E-state index contributed by atoms with van der Waals surface area (Å²) < 4.78 is 10.3. The first-order valence-electron chi connectivity index (χ1n) is 12.1. The average molecular weight is 487 g/mol. The van der Waals surface area contributed by atoms with Crippen molar-refractivity contribution in [2.45, 2.75) is 13.1 Å². The number of anilines is 2. The zero-order chi connectivity index (χ0) is 25.1. The molecule has 5 rings (SSSR count). The Bertz CT molecular complexity index is 1250. The van der Waals surface area contributed by atoms with Gasteiger partial charge in [-0.1, -0.05) is 36.4 Å². The summed E-state index contributed by atoms with van der Waals surface area (Å²) >= 11 is 0. The van der Waals surface area contributed by atoms with Crippen LogP contribution in [-0.2, 0) is 22.6 Å². The molecule has 0 aliphatic carbocycles. The van der Waals surface area contributed by atoms with Gasteiger partial charge in [-0.3, -0.25) is 4.90 Å². The number of amides is 2. The third-order valence-corrected chi connectivity index (χ3v) is 6.67. The number of methoxy groups -OCH3 is 1. The second-order valence-corrected chi connectivity index (χ2v) is 8.94. The van der Waals surface area contributed by atoms with Crippen LogP contribution in [0.25, 0.3) is 11.1 Å². The van der Waals surface area contributed by atoms with E-state index in [1.807, 2.05) is 41.2 Å². The van der Waals surface area contributed by atoms with E-state index in [2.05, 4.69) is 35.8 Å². The Labute approximate surface area is 211 Å². The van der Waals surface area contributed by atoms with Gasteiger partial charge in [-0.15, -0.1) is 0 Å². The molecule has 0 atom stereocenters. The smallest absolute Gasteiger partial charge is 0.337 e. The molecule has 0 spiro atoms. The normalized spacial score (nSPS) is 14.9. The first kappa shape index (κ1) is 23.8. The number of carbonyl (C=O) groups excluding carboxylic acids is 2. The summed E-state index contributed by atoms with van der Waals surface area (Å²) in [5, 5.41) is 2.04. The van der Waals surface area contributed by atoms with Crippen molar-refractivity contribution in [3.8, 4) is 11.1 Å². The van der Waals surface area contributed by atoms with E-state index >= 15 is 0 Å². The molecule has 1 N–H and O–H groups in total. The SMILES string of the molecule is COC(=O)c1ccc(CN(C(=O)N2CCOCC2)c2cccc(-c3ccc4c(c3)N(C)NC4)c2)cc1. The third kappa shape index (κ3) is 4.91. The number of hydrogen-bond acceptors (Lipinski definition) is 6. The van der Waals surface area contributed by atoms with Gasteiger partial charge in [0.2, 0.25) is 0 Å². The largest absolute Gasteiger partial charge is 0.465 e. The van der Waals surface area contributed by atoms with Gasteiger partial charge in [0, 0.05) is 32.4 Å². The van der Waals surface area contributed by atoms with Crippen molar-refractivity contribution in [3.63, 3.8) is 0 Å². The molecule has 2 amide bonds. The Balaban J connectivity index is 1.47. The summed E-state index contributed by atoms with van der Waals surface area (Å²) in [6, 6.07) is 21.6. The van der Waals surface area contributed by atoms with Gasteiger partial charge in [-0.2, -0.15) is 0 Å². The molecule has 36 heavy (non-hydrogen) atoms. The summed E-state index contributed by atoms with van der Waals surface area (Å²) in [5.41, 5.74) is 10.1. The lowest BCUT2D eigenvalue weighted by atomic mass is 10.0. The fraction of sp³-hybridized carbons (Fsp3) is 0.286. The highest BCUT2D eigenvalue weighted by molar-refractivity contribution is 5.93. The number of fused-ring (bicyclic) bond motifs is 1. The summed E-state index contributed by atoms with van der Waals surface area (Å²) in [6.07, 6.45) is 0. The molecule has 0 radical (unpaired) electrons. The van der Waals surface area contributed by atoms with Crippen LogP contribution in [-0.4, -0.2) is 57.4 Å². The van der Waals surface area contributed by atoms with Crippen LogP contribution in [0.15, 0.2) is 66.7 Å². The molecule has 2 heterocycles. The van der Waals surface area contributed by atoms with Crippen molar-refractivity contribution in [1.29, 1.82) is 0 Å². The Hall–Kier alpha value is -3.88. The lowest BCUT2D eigenvalue weighted by Crippen LogP contribution is -2.48. The monoisotopic (exact) mass is 486 g/mol.